The zero-order valence-electron chi connectivity index (χ0n) is 8.73. The molecule has 0 radical (unpaired) electrons. The second kappa shape index (κ2) is 3.69. The number of benzene rings is 2. The van der Waals surface area contributed by atoms with Gasteiger partial charge in [-0.3, -0.25) is 0 Å². The minimum atomic E-state index is 0.208. The lowest BCUT2D eigenvalue weighted by atomic mass is 10.0. The Bertz CT molecular complexity index is 532. The average molecular weight is 200 g/mol. The van der Waals surface area contributed by atoms with E-state index >= 15 is 0 Å². The summed E-state index contributed by atoms with van der Waals surface area (Å²) in [5, 5.41) is 19.6. The lowest BCUT2D eigenvalue weighted by Gasteiger charge is -2.06. The minimum Gasteiger partial charge on any atom is -0.505 e. The number of phenols is 1. The first kappa shape index (κ1) is 9.65. The number of nitrogens with zero attached hydrogens (tertiary/aromatic N) is 2. The fourth-order valence-corrected chi connectivity index (χ4v) is 1.66. The maximum atomic E-state index is 9.87. The van der Waals surface area contributed by atoms with Crippen LogP contribution in [0.4, 0.5) is 5.69 Å². The second-order valence-electron chi connectivity index (χ2n) is 3.41. The average Bonchev–Trinajstić information content (AvgIpc) is 2.25. The third-order valence-electron chi connectivity index (χ3n) is 2.39. The van der Waals surface area contributed by atoms with Crippen LogP contribution >= 0.6 is 0 Å². The zero-order valence-corrected chi connectivity index (χ0v) is 8.73. The van der Waals surface area contributed by atoms with Crippen molar-refractivity contribution in [2.24, 2.45) is 10.2 Å². The van der Waals surface area contributed by atoms with Crippen molar-refractivity contribution in [2.45, 2.75) is 6.92 Å². The Labute approximate surface area is 88.1 Å². The van der Waals surface area contributed by atoms with Crippen molar-refractivity contribution < 1.29 is 5.11 Å². The highest BCUT2D eigenvalue weighted by molar-refractivity contribution is 5.96. The maximum Gasteiger partial charge on any atom is 0.146 e. The van der Waals surface area contributed by atoms with Gasteiger partial charge < -0.3 is 5.11 Å². The van der Waals surface area contributed by atoms with Gasteiger partial charge in [0.15, 0.2) is 0 Å². The topological polar surface area (TPSA) is 45.0 Å². The van der Waals surface area contributed by atoms with E-state index < -0.39 is 0 Å². The highest BCUT2D eigenvalue weighted by Gasteiger charge is 2.08. The molecule has 0 aliphatic rings. The van der Waals surface area contributed by atoms with Crippen molar-refractivity contribution in [3.8, 4) is 5.75 Å². The number of azo groups is 1. The molecule has 3 nitrogen and oxygen atoms in total. The molecule has 0 amide bonds. The predicted octanol–water partition coefficient (Wildman–Crippen LogP) is 3.57. The molecule has 0 saturated carbocycles. The van der Waals surface area contributed by atoms with Gasteiger partial charge >= 0.3 is 0 Å². The molecule has 1 N–H and O–H groups in total. The van der Waals surface area contributed by atoms with E-state index in [1.807, 2.05) is 37.3 Å². The Morgan fingerprint density at radius 2 is 1.93 bits per heavy atom. The summed E-state index contributed by atoms with van der Waals surface area (Å²) in [4.78, 5) is 0. The number of phenolic OH excluding ortho intramolecular Hbond substituents is 1. The number of rotatable bonds is 1. The Morgan fingerprint density at radius 1 is 1.20 bits per heavy atom. The summed E-state index contributed by atoms with van der Waals surface area (Å²) < 4.78 is 0. The number of aryl methyl sites for hydroxylation is 1. The standard InChI is InChI=1S/C12H12N2O/c1-8-7-9-5-3-4-6-10(9)11(12(8)15)14-13-2/h3-7,15H,1-2H3. The van der Waals surface area contributed by atoms with Gasteiger partial charge in [-0.05, 0) is 23.9 Å². The van der Waals surface area contributed by atoms with Gasteiger partial charge in [0.05, 0.1) is 0 Å². The van der Waals surface area contributed by atoms with Gasteiger partial charge in [-0.25, -0.2) is 0 Å². The third kappa shape index (κ3) is 1.56. The van der Waals surface area contributed by atoms with Crippen LogP contribution in [0.25, 0.3) is 10.8 Å². The fraction of sp³-hybridized carbons (Fsp3) is 0.167. The molecular weight excluding hydrogens is 188 g/mol. The molecule has 0 unspecified atom stereocenters. The van der Waals surface area contributed by atoms with Crippen LogP contribution < -0.4 is 0 Å². The number of hydrogen-bond acceptors (Lipinski definition) is 3. The number of fused-ring (bicyclic) bond motifs is 1. The van der Waals surface area contributed by atoms with Crippen LogP contribution in [0.5, 0.6) is 5.75 Å². The van der Waals surface area contributed by atoms with Gasteiger partial charge in [-0.1, -0.05) is 24.3 Å². The summed E-state index contributed by atoms with van der Waals surface area (Å²) in [6.07, 6.45) is 0. The molecule has 0 saturated heterocycles. The van der Waals surface area contributed by atoms with Crippen LogP contribution in [0.2, 0.25) is 0 Å². The predicted molar refractivity (Wildman–Crippen MR) is 60.8 cm³/mol. The molecule has 2 aromatic carbocycles. The maximum absolute atomic E-state index is 9.87. The Balaban J connectivity index is 2.89. The van der Waals surface area contributed by atoms with Crippen molar-refractivity contribution in [1.29, 1.82) is 0 Å². The number of hydrogen-bond donors (Lipinski definition) is 1. The lowest BCUT2D eigenvalue weighted by molar-refractivity contribution is 0.473. The molecule has 0 aromatic heterocycles. The van der Waals surface area contributed by atoms with E-state index in [9.17, 15) is 5.11 Å². The monoisotopic (exact) mass is 200 g/mol. The zero-order chi connectivity index (χ0) is 10.8. The van der Waals surface area contributed by atoms with Gasteiger partial charge in [0.25, 0.3) is 0 Å². The molecule has 0 aliphatic carbocycles. The molecular formula is C12H12N2O. The summed E-state index contributed by atoms with van der Waals surface area (Å²) in [5.74, 6) is 0.208. The van der Waals surface area contributed by atoms with Gasteiger partial charge in [-0.2, -0.15) is 10.2 Å². The Hall–Kier alpha value is -1.90. The molecule has 2 rings (SSSR count). The van der Waals surface area contributed by atoms with Crippen LogP contribution in [0.15, 0.2) is 40.6 Å². The fourth-order valence-electron chi connectivity index (χ4n) is 1.66. The van der Waals surface area contributed by atoms with Gasteiger partial charge in [0.1, 0.15) is 11.4 Å². The minimum absolute atomic E-state index is 0.208. The van der Waals surface area contributed by atoms with Crippen molar-refractivity contribution in [3.63, 3.8) is 0 Å². The quantitative estimate of drug-likeness (QED) is 0.703. The largest absolute Gasteiger partial charge is 0.505 e. The summed E-state index contributed by atoms with van der Waals surface area (Å²) in [6, 6.07) is 9.76. The molecule has 0 bridgehead atoms. The molecule has 3 heteroatoms. The van der Waals surface area contributed by atoms with Gasteiger partial charge in [-0.15, -0.1) is 0 Å². The van der Waals surface area contributed by atoms with E-state index in [4.69, 9.17) is 0 Å². The highest BCUT2D eigenvalue weighted by atomic mass is 16.3. The Kier molecular flexibility index (Phi) is 2.37. The summed E-state index contributed by atoms with van der Waals surface area (Å²) >= 11 is 0. The van der Waals surface area contributed by atoms with Crippen molar-refractivity contribution in [2.75, 3.05) is 7.05 Å². The summed E-state index contributed by atoms with van der Waals surface area (Å²) in [6.45, 7) is 1.86. The Morgan fingerprint density at radius 3 is 2.67 bits per heavy atom. The summed E-state index contributed by atoms with van der Waals surface area (Å²) in [7, 11) is 1.59. The van der Waals surface area contributed by atoms with Crippen LogP contribution in [0.3, 0.4) is 0 Å². The van der Waals surface area contributed by atoms with E-state index in [0.717, 1.165) is 16.3 Å². The van der Waals surface area contributed by atoms with Crippen molar-refractivity contribution in [1.82, 2.24) is 0 Å². The smallest absolute Gasteiger partial charge is 0.146 e. The highest BCUT2D eigenvalue weighted by Crippen LogP contribution is 2.37. The second-order valence-corrected chi connectivity index (χ2v) is 3.41. The van der Waals surface area contributed by atoms with Crippen LogP contribution in [0, 0.1) is 6.92 Å². The van der Waals surface area contributed by atoms with Gasteiger partial charge in [0.2, 0.25) is 0 Å². The van der Waals surface area contributed by atoms with Crippen LogP contribution in [-0.4, -0.2) is 12.2 Å². The molecule has 15 heavy (non-hydrogen) atoms. The molecule has 2 aromatic rings. The molecule has 0 heterocycles. The normalized spacial score (nSPS) is 11.3. The van der Waals surface area contributed by atoms with E-state index in [2.05, 4.69) is 10.2 Å². The first-order valence-electron chi connectivity index (χ1n) is 4.75. The molecule has 0 aliphatic heterocycles. The third-order valence-corrected chi connectivity index (χ3v) is 2.39. The van der Waals surface area contributed by atoms with E-state index in [0.29, 0.717) is 5.69 Å². The van der Waals surface area contributed by atoms with E-state index in [1.54, 1.807) is 7.05 Å². The van der Waals surface area contributed by atoms with Crippen molar-refractivity contribution >= 4 is 16.5 Å². The van der Waals surface area contributed by atoms with E-state index in [-0.39, 0.29) is 5.75 Å². The number of aromatic hydroxyl groups is 1. The van der Waals surface area contributed by atoms with Crippen LogP contribution in [-0.2, 0) is 0 Å². The molecule has 76 valence electrons. The van der Waals surface area contributed by atoms with Crippen molar-refractivity contribution in [3.05, 3.63) is 35.9 Å². The summed E-state index contributed by atoms with van der Waals surface area (Å²) in [5.41, 5.74) is 1.37. The molecule has 0 fully saturated rings. The first-order chi connectivity index (χ1) is 7.24. The lowest BCUT2D eigenvalue weighted by Crippen LogP contribution is -1.79. The van der Waals surface area contributed by atoms with E-state index in [1.165, 1.54) is 0 Å². The molecule has 0 spiro atoms. The van der Waals surface area contributed by atoms with Crippen LogP contribution in [0.1, 0.15) is 5.56 Å². The van der Waals surface area contributed by atoms with Gasteiger partial charge in [0, 0.05) is 12.4 Å². The SMILES string of the molecule is CN=Nc1c(O)c(C)cc2ccccc12. The first-order valence-corrected chi connectivity index (χ1v) is 4.75. The molecule has 0 atom stereocenters.